The summed E-state index contributed by atoms with van der Waals surface area (Å²) in [5.74, 6) is 0. The summed E-state index contributed by atoms with van der Waals surface area (Å²) in [7, 11) is 0. The van der Waals surface area contributed by atoms with Crippen molar-refractivity contribution < 1.29 is 4.74 Å². The Morgan fingerprint density at radius 2 is 2.53 bits per heavy atom. The summed E-state index contributed by atoms with van der Waals surface area (Å²) in [5, 5.41) is 2.05. The third-order valence-electron chi connectivity index (χ3n) is 3.54. The van der Waals surface area contributed by atoms with E-state index in [0.29, 0.717) is 6.54 Å². The first kappa shape index (κ1) is 11.2. The fourth-order valence-corrected chi connectivity index (χ4v) is 3.25. The van der Waals surface area contributed by atoms with E-state index in [1.165, 1.54) is 0 Å². The van der Waals surface area contributed by atoms with E-state index in [0.717, 1.165) is 43.1 Å². The lowest BCUT2D eigenvalue weighted by Crippen LogP contribution is -2.40. The van der Waals surface area contributed by atoms with Crippen LogP contribution in [-0.4, -0.2) is 29.1 Å². The molecule has 92 valence electrons. The average Bonchev–Trinajstić information content (AvgIpc) is 2.91. The second-order valence-corrected chi connectivity index (χ2v) is 5.74. The monoisotopic (exact) mass is 251 g/mol. The lowest BCUT2D eigenvalue weighted by Gasteiger charge is -2.35. The molecule has 17 heavy (non-hydrogen) atoms. The Balaban J connectivity index is 1.82. The van der Waals surface area contributed by atoms with Gasteiger partial charge in [0.2, 0.25) is 0 Å². The first-order valence-electron chi connectivity index (χ1n) is 6.00. The Morgan fingerprint density at radius 1 is 1.59 bits per heavy atom. The second kappa shape index (κ2) is 4.40. The standard InChI is InChI=1S/C12H17N3OS/c13-8-12(2-1-4-16-9-12)6-10-7-15-3-5-17-11(15)14-10/h3,5,7H,1-2,4,6,8-9,13H2. The Kier molecular flexibility index (Phi) is 2.90. The van der Waals surface area contributed by atoms with Gasteiger partial charge in [0, 0.05) is 42.8 Å². The van der Waals surface area contributed by atoms with Gasteiger partial charge in [-0.3, -0.25) is 4.40 Å². The Hall–Kier alpha value is -0.910. The number of imidazole rings is 1. The van der Waals surface area contributed by atoms with Crippen molar-refractivity contribution in [3.8, 4) is 0 Å². The van der Waals surface area contributed by atoms with Gasteiger partial charge in [0.1, 0.15) is 0 Å². The van der Waals surface area contributed by atoms with Crippen LogP contribution in [0.3, 0.4) is 0 Å². The van der Waals surface area contributed by atoms with Crippen LogP contribution in [0.4, 0.5) is 0 Å². The van der Waals surface area contributed by atoms with Gasteiger partial charge in [-0.05, 0) is 12.8 Å². The van der Waals surface area contributed by atoms with Gasteiger partial charge < -0.3 is 10.5 Å². The summed E-state index contributed by atoms with van der Waals surface area (Å²) < 4.78 is 7.67. The summed E-state index contributed by atoms with van der Waals surface area (Å²) in [6.45, 7) is 2.33. The maximum absolute atomic E-state index is 5.94. The fourth-order valence-electron chi connectivity index (χ4n) is 2.53. The summed E-state index contributed by atoms with van der Waals surface area (Å²) in [4.78, 5) is 5.69. The number of nitrogens with two attached hydrogens (primary N) is 1. The van der Waals surface area contributed by atoms with Crippen LogP contribution in [-0.2, 0) is 11.2 Å². The van der Waals surface area contributed by atoms with Crippen LogP contribution >= 0.6 is 11.3 Å². The highest BCUT2D eigenvalue weighted by molar-refractivity contribution is 7.15. The van der Waals surface area contributed by atoms with Gasteiger partial charge in [-0.15, -0.1) is 11.3 Å². The lowest BCUT2D eigenvalue weighted by atomic mass is 9.79. The minimum absolute atomic E-state index is 0.0995. The van der Waals surface area contributed by atoms with E-state index < -0.39 is 0 Å². The van der Waals surface area contributed by atoms with E-state index in [9.17, 15) is 0 Å². The predicted molar refractivity (Wildman–Crippen MR) is 68.3 cm³/mol. The molecule has 1 unspecified atom stereocenters. The van der Waals surface area contributed by atoms with Crippen molar-refractivity contribution in [2.45, 2.75) is 19.3 Å². The van der Waals surface area contributed by atoms with Crippen LogP contribution in [0.15, 0.2) is 17.8 Å². The van der Waals surface area contributed by atoms with Crippen molar-refractivity contribution in [1.82, 2.24) is 9.38 Å². The normalized spacial score (nSPS) is 25.5. The number of rotatable bonds is 3. The first-order chi connectivity index (χ1) is 8.31. The quantitative estimate of drug-likeness (QED) is 0.903. The molecule has 1 aliphatic heterocycles. The fraction of sp³-hybridized carbons (Fsp3) is 0.583. The third-order valence-corrected chi connectivity index (χ3v) is 4.31. The van der Waals surface area contributed by atoms with E-state index in [4.69, 9.17) is 10.5 Å². The van der Waals surface area contributed by atoms with Crippen molar-refractivity contribution in [3.63, 3.8) is 0 Å². The number of hydrogen-bond acceptors (Lipinski definition) is 4. The van der Waals surface area contributed by atoms with E-state index in [1.807, 2.05) is 6.20 Å². The van der Waals surface area contributed by atoms with Crippen LogP contribution in [0.2, 0.25) is 0 Å². The van der Waals surface area contributed by atoms with Crippen LogP contribution in [0.25, 0.3) is 4.96 Å². The van der Waals surface area contributed by atoms with E-state index >= 15 is 0 Å². The van der Waals surface area contributed by atoms with Gasteiger partial charge in [-0.1, -0.05) is 0 Å². The van der Waals surface area contributed by atoms with Crippen molar-refractivity contribution in [2.75, 3.05) is 19.8 Å². The molecular formula is C12H17N3OS. The molecule has 1 fully saturated rings. The molecule has 4 nitrogen and oxygen atoms in total. The molecule has 0 aromatic carbocycles. The number of ether oxygens (including phenoxy) is 1. The molecular weight excluding hydrogens is 234 g/mol. The summed E-state index contributed by atoms with van der Waals surface area (Å²) >= 11 is 1.67. The second-order valence-electron chi connectivity index (χ2n) is 4.86. The highest BCUT2D eigenvalue weighted by Gasteiger charge is 2.32. The van der Waals surface area contributed by atoms with Crippen LogP contribution in [0.1, 0.15) is 18.5 Å². The molecule has 5 heteroatoms. The number of thiazole rings is 1. The minimum Gasteiger partial charge on any atom is -0.381 e. The van der Waals surface area contributed by atoms with E-state index in [1.54, 1.807) is 11.3 Å². The smallest absolute Gasteiger partial charge is 0.193 e. The Morgan fingerprint density at radius 3 is 3.24 bits per heavy atom. The summed E-state index contributed by atoms with van der Waals surface area (Å²) in [6, 6.07) is 0. The first-order valence-corrected chi connectivity index (χ1v) is 6.88. The zero-order valence-electron chi connectivity index (χ0n) is 9.76. The molecule has 2 aromatic rings. The molecule has 2 N–H and O–H groups in total. The molecule has 0 aliphatic carbocycles. The average molecular weight is 251 g/mol. The molecule has 1 aliphatic rings. The number of nitrogens with zero attached hydrogens (tertiary/aromatic N) is 2. The number of hydrogen-bond donors (Lipinski definition) is 1. The molecule has 0 bridgehead atoms. The Labute approximate surface area is 104 Å². The van der Waals surface area contributed by atoms with Crippen molar-refractivity contribution >= 4 is 16.3 Å². The van der Waals surface area contributed by atoms with Gasteiger partial charge in [-0.25, -0.2) is 4.98 Å². The molecule has 0 amide bonds. The van der Waals surface area contributed by atoms with Gasteiger partial charge in [0.05, 0.1) is 12.3 Å². The van der Waals surface area contributed by atoms with Gasteiger partial charge in [-0.2, -0.15) is 0 Å². The van der Waals surface area contributed by atoms with Gasteiger partial charge >= 0.3 is 0 Å². The molecule has 1 saturated heterocycles. The summed E-state index contributed by atoms with van der Waals surface area (Å²) in [6.07, 6.45) is 7.34. The summed E-state index contributed by atoms with van der Waals surface area (Å²) in [5.41, 5.74) is 7.18. The molecule has 3 rings (SSSR count). The molecule has 3 heterocycles. The van der Waals surface area contributed by atoms with Crippen LogP contribution in [0, 0.1) is 5.41 Å². The molecule has 0 saturated carbocycles. The number of aromatic nitrogens is 2. The van der Waals surface area contributed by atoms with Crippen molar-refractivity contribution in [1.29, 1.82) is 0 Å². The SMILES string of the molecule is NCC1(Cc2cn3ccsc3n2)CCCOC1. The van der Waals surface area contributed by atoms with E-state index in [2.05, 4.69) is 21.0 Å². The highest BCUT2D eigenvalue weighted by Crippen LogP contribution is 2.31. The number of fused-ring (bicyclic) bond motifs is 1. The van der Waals surface area contributed by atoms with Gasteiger partial charge in [0.15, 0.2) is 4.96 Å². The maximum Gasteiger partial charge on any atom is 0.193 e. The highest BCUT2D eigenvalue weighted by atomic mass is 32.1. The van der Waals surface area contributed by atoms with Crippen LogP contribution in [0.5, 0.6) is 0 Å². The molecule has 0 spiro atoms. The molecule has 2 aromatic heterocycles. The molecule has 1 atom stereocenters. The van der Waals surface area contributed by atoms with Crippen molar-refractivity contribution in [2.24, 2.45) is 11.1 Å². The topological polar surface area (TPSA) is 52.5 Å². The minimum atomic E-state index is 0.0995. The van der Waals surface area contributed by atoms with E-state index in [-0.39, 0.29) is 5.41 Å². The third kappa shape index (κ3) is 2.10. The lowest BCUT2D eigenvalue weighted by molar-refractivity contribution is -0.00306. The zero-order valence-corrected chi connectivity index (χ0v) is 10.6. The maximum atomic E-state index is 5.94. The Bertz CT molecular complexity index is 470. The van der Waals surface area contributed by atoms with Gasteiger partial charge in [0.25, 0.3) is 0 Å². The van der Waals surface area contributed by atoms with Crippen LogP contribution < -0.4 is 5.73 Å². The zero-order chi connectivity index (χ0) is 11.7. The van der Waals surface area contributed by atoms with Crippen molar-refractivity contribution in [3.05, 3.63) is 23.5 Å². The predicted octanol–water partition coefficient (Wildman–Crippen LogP) is 1.69. The molecule has 0 radical (unpaired) electrons. The largest absolute Gasteiger partial charge is 0.381 e.